The van der Waals surface area contributed by atoms with Gasteiger partial charge >= 0.3 is 0 Å². The predicted molar refractivity (Wildman–Crippen MR) is 40.6 cm³/mol. The number of nitrogens with one attached hydrogen (secondary N) is 1. The Morgan fingerprint density at radius 3 is 2.50 bits per heavy atom. The van der Waals surface area contributed by atoms with Crippen molar-refractivity contribution in [2.24, 2.45) is 11.3 Å². The first-order valence-corrected chi connectivity index (χ1v) is 3.65. The summed E-state index contributed by atoms with van der Waals surface area (Å²) in [6.45, 7) is 6.34. The van der Waals surface area contributed by atoms with E-state index in [9.17, 15) is 0 Å². The quantitative estimate of drug-likeness (QED) is 0.576. The van der Waals surface area contributed by atoms with Gasteiger partial charge in [0.05, 0.1) is 0 Å². The van der Waals surface area contributed by atoms with E-state index < -0.39 is 0 Å². The van der Waals surface area contributed by atoms with E-state index in [0.717, 1.165) is 5.70 Å². The fourth-order valence-corrected chi connectivity index (χ4v) is 1.13. The summed E-state index contributed by atoms with van der Waals surface area (Å²) in [4.78, 5) is 0. The van der Waals surface area contributed by atoms with E-state index in [4.69, 9.17) is 5.21 Å². The van der Waals surface area contributed by atoms with Crippen LogP contribution in [0.5, 0.6) is 0 Å². The molecule has 1 aliphatic carbocycles. The second-order valence-electron chi connectivity index (χ2n) is 3.76. The lowest BCUT2D eigenvalue weighted by molar-refractivity contribution is 0.200. The van der Waals surface area contributed by atoms with Crippen LogP contribution in [0, 0.1) is 11.3 Å². The molecule has 0 spiro atoms. The highest BCUT2D eigenvalue weighted by Gasteiger charge is 2.43. The number of rotatable bonds is 2. The van der Waals surface area contributed by atoms with Crippen molar-refractivity contribution in [3.05, 3.63) is 11.8 Å². The molecule has 0 amide bonds. The molecule has 1 fully saturated rings. The van der Waals surface area contributed by atoms with Crippen molar-refractivity contribution in [2.75, 3.05) is 0 Å². The van der Waals surface area contributed by atoms with E-state index in [-0.39, 0.29) is 0 Å². The van der Waals surface area contributed by atoms with Crippen molar-refractivity contribution < 1.29 is 5.21 Å². The van der Waals surface area contributed by atoms with Crippen LogP contribution in [0.25, 0.3) is 0 Å². The van der Waals surface area contributed by atoms with Crippen LogP contribution in [0.2, 0.25) is 0 Å². The SMILES string of the molecule is C/C(=C\C1CC1(C)C)NO. The first kappa shape index (κ1) is 7.61. The Bertz CT molecular complexity index is 161. The third-order valence-electron chi connectivity index (χ3n) is 2.22. The Morgan fingerprint density at radius 1 is 1.70 bits per heavy atom. The summed E-state index contributed by atoms with van der Waals surface area (Å²) in [6, 6.07) is 0. The molecule has 1 atom stereocenters. The molecule has 0 aliphatic heterocycles. The van der Waals surface area contributed by atoms with E-state index in [1.54, 1.807) is 0 Å². The zero-order valence-electron chi connectivity index (χ0n) is 6.81. The first-order valence-electron chi connectivity index (χ1n) is 3.65. The third kappa shape index (κ3) is 1.51. The topological polar surface area (TPSA) is 32.3 Å². The lowest BCUT2D eigenvalue weighted by Crippen LogP contribution is -2.03. The van der Waals surface area contributed by atoms with Crippen LogP contribution >= 0.6 is 0 Å². The maximum Gasteiger partial charge on any atom is 0.0308 e. The van der Waals surface area contributed by atoms with Gasteiger partial charge in [0.25, 0.3) is 0 Å². The van der Waals surface area contributed by atoms with Crippen LogP contribution in [-0.4, -0.2) is 5.21 Å². The molecule has 1 aliphatic rings. The maximum absolute atomic E-state index is 8.46. The first-order chi connectivity index (χ1) is 4.56. The summed E-state index contributed by atoms with van der Waals surface area (Å²) in [5, 5.41) is 8.46. The summed E-state index contributed by atoms with van der Waals surface area (Å²) < 4.78 is 0. The molecule has 0 aromatic carbocycles. The minimum absolute atomic E-state index is 0.470. The van der Waals surface area contributed by atoms with Crippen molar-refractivity contribution in [1.29, 1.82) is 0 Å². The molecule has 0 aromatic rings. The molecular weight excluding hydrogens is 126 g/mol. The van der Waals surface area contributed by atoms with Gasteiger partial charge in [0, 0.05) is 5.70 Å². The molecular formula is C8H15NO. The van der Waals surface area contributed by atoms with Gasteiger partial charge in [0.15, 0.2) is 0 Å². The highest BCUT2D eigenvalue weighted by Crippen LogP contribution is 2.52. The molecule has 0 bridgehead atoms. The minimum Gasteiger partial charge on any atom is -0.291 e. The van der Waals surface area contributed by atoms with E-state index in [1.807, 2.05) is 6.92 Å². The minimum atomic E-state index is 0.470. The molecule has 1 unspecified atom stereocenters. The number of hydrogen-bond donors (Lipinski definition) is 2. The van der Waals surface area contributed by atoms with Gasteiger partial charge in [-0.1, -0.05) is 19.9 Å². The van der Waals surface area contributed by atoms with Crippen LogP contribution in [-0.2, 0) is 0 Å². The molecule has 1 rings (SSSR count). The largest absolute Gasteiger partial charge is 0.291 e. The predicted octanol–water partition coefficient (Wildman–Crippen LogP) is 1.92. The van der Waals surface area contributed by atoms with Crippen LogP contribution < -0.4 is 5.48 Å². The van der Waals surface area contributed by atoms with E-state index in [2.05, 4.69) is 25.4 Å². The van der Waals surface area contributed by atoms with Crippen molar-refractivity contribution in [1.82, 2.24) is 5.48 Å². The Labute approximate surface area is 61.9 Å². The average molecular weight is 141 g/mol. The highest BCUT2D eigenvalue weighted by atomic mass is 16.5. The van der Waals surface area contributed by atoms with Gasteiger partial charge in [-0.15, -0.1) is 0 Å². The molecule has 0 heterocycles. The summed E-state index contributed by atoms with van der Waals surface area (Å²) in [5.74, 6) is 0.659. The smallest absolute Gasteiger partial charge is 0.0308 e. The van der Waals surface area contributed by atoms with Crippen molar-refractivity contribution in [2.45, 2.75) is 27.2 Å². The van der Waals surface area contributed by atoms with Gasteiger partial charge in [-0.2, -0.15) is 0 Å². The summed E-state index contributed by atoms with van der Waals surface area (Å²) in [5.41, 5.74) is 3.46. The monoisotopic (exact) mass is 141 g/mol. The molecule has 10 heavy (non-hydrogen) atoms. The number of allylic oxidation sites excluding steroid dienone is 2. The molecule has 2 heteroatoms. The van der Waals surface area contributed by atoms with Gasteiger partial charge in [0.1, 0.15) is 0 Å². The van der Waals surface area contributed by atoms with Gasteiger partial charge in [-0.05, 0) is 24.7 Å². The second kappa shape index (κ2) is 2.27. The summed E-state index contributed by atoms with van der Waals surface area (Å²) in [6.07, 6.45) is 3.33. The van der Waals surface area contributed by atoms with Crippen LogP contribution in [0.4, 0.5) is 0 Å². The van der Waals surface area contributed by atoms with Crippen molar-refractivity contribution in [3.63, 3.8) is 0 Å². The third-order valence-corrected chi connectivity index (χ3v) is 2.22. The second-order valence-corrected chi connectivity index (χ2v) is 3.76. The highest BCUT2D eigenvalue weighted by molar-refractivity contribution is 5.10. The standard InChI is InChI=1S/C8H15NO/c1-6(9-10)4-7-5-8(7,2)3/h4,7,9-10H,5H2,1-3H3/b6-4+. The number of hydroxylamine groups is 1. The zero-order valence-corrected chi connectivity index (χ0v) is 6.81. The Hall–Kier alpha value is -0.500. The molecule has 2 nitrogen and oxygen atoms in total. The van der Waals surface area contributed by atoms with E-state index in [1.165, 1.54) is 6.42 Å². The fourth-order valence-electron chi connectivity index (χ4n) is 1.13. The Kier molecular flexibility index (Phi) is 1.73. The lowest BCUT2D eigenvalue weighted by Gasteiger charge is -1.99. The molecule has 2 N–H and O–H groups in total. The van der Waals surface area contributed by atoms with Crippen LogP contribution in [0.1, 0.15) is 27.2 Å². The Morgan fingerprint density at radius 2 is 2.20 bits per heavy atom. The van der Waals surface area contributed by atoms with Crippen molar-refractivity contribution in [3.8, 4) is 0 Å². The zero-order chi connectivity index (χ0) is 7.78. The normalized spacial score (nSPS) is 30.0. The molecule has 0 saturated heterocycles. The maximum atomic E-state index is 8.46. The van der Waals surface area contributed by atoms with E-state index >= 15 is 0 Å². The summed E-state index contributed by atoms with van der Waals surface area (Å²) in [7, 11) is 0. The Balaban J connectivity index is 2.42. The molecule has 0 aromatic heterocycles. The summed E-state index contributed by atoms with van der Waals surface area (Å²) >= 11 is 0. The number of hydrogen-bond acceptors (Lipinski definition) is 2. The van der Waals surface area contributed by atoms with Gasteiger partial charge in [0.2, 0.25) is 0 Å². The van der Waals surface area contributed by atoms with Crippen LogP contribution in [0.3, 0.4) is 0 Å². The van der Waals surface area contributed by atoms with Gasteiger partial charge < -0.3 is 0 Å². The molecule has 0 radical (unpaired) electrons. The molecule has 58 valence electrons. The van der Waals surface area contributed by atoms with Gasteiger partial charge in [-0.25, -0.2) is 0 Å². The fraction of sp³-hybridized carbons (Fsp3) is 0.750. The molecule has 1 saturated carbocycles. The van der Waals surface area contributed by atoms with Gasteiger partial charge in [-0.3, -0.25) is 10.7 Å². The van der Waals surface area contributed by atoms with Crippen molar-refractivity contribution >= 4 is 0 Å². The van der Waals surface area contributed by atoms with Crippen LogP contribution in [0.15, 0.2) is 11.8 Å². The average Bonchev–Trinajstić information content (AvgIpc) is 2.40. The van der Waals surface area contributed by atoms with E-state index in [0.29, 0.717) is 11.3 Å². The lowest BCUT2D eigenvalue weighted by atomic mass is 10.1.